The number of ether oxygens (including phenoxy) is 1. The van der Waals surface area contributed by atoms with Crippen LogP contribution in [-0.2, 0) is 14.3 Å². The fourth-order valence-electron chi connectivity index (χ4n) is 4.93. The zero-order chi connectivity index (χ0) is 21.6. The summed E-state index contributed by atoms with van der Waals surface area (Å²) in [6.07, 6.45) is 0. The van der Waals surface area contributed by atoms with Crippen LogP contribution in [0.2, 0.25) is 0 Å². The molecule has 0 aromatic heterocycles. The van der Waals surface area contributed by atoms with E-state index in [2.05, 4.69) is 0 Å². The van der Waals surface area contributed by atoms with Gasteiger partial charge in [0.15, 0.2) is 0 Å². The Labute approximate surface area is 176 Å². The molecule has 0 spiro atoms. The molecule has 0 bridgehead atoms. The molecule has 2 amide bonds. The van der Waals surface area contributed by atoms with Crippen molar-refractivity contribution in [3.63, 3.8) is 0 Å². The van der Waals surface area contributed by atoms with Crippen LogP contribution in [0.4, 0.5) is 5.69 Å². The second kappa shape index (κ2) is 7.27. The molecular weight excluding hydrogens is 380 g/mol. The van der Waals surface area contributed by atoms with Gasteiger partial charge in [0.05, 0.1) is 12.5 Å². The predicted octanol–water partition coefficient (Wildman–Crippen LogP) is 3.15. The smallest absolute Gasteiger partial charge is 0.311 e. The first-order valence-corrected chi connectivity index (χ1v) is 10.2. The Hall–Kier alpha value is -3.15. The monoisotopic (exact) mass is 406 g/mol. The number of likely N-dealkylation sites (N-methyl/N-ethyl adjacent to an activating group) is 1. The molecule has 2 aromatic rings. The molecule has 30 heavy (non-hydrogen) atoms. The summed E-state index contributed by atoms with van der Waals surface area (Å²) in [6, 6.07) is 14.8. The number of fused-ring (bicyclic) bond motifs is 3. The molecule has 1 saturated heterocycles. The summed E-state index contributed by atoms with van der Waals surface area (Å²) >= 11 is 0. The highest BCUT2D eigenvalue weighted by Crippen LogP contribution is 2.53. The summed E-state index contributed by atoms with van der Waals surface area (Å²) in [5.74, 6) is -1.90. The van der Waals surface area contributed by atoms with E-state index in [1.54, 1.807) is 42.8 Å². The van der Waals surface area contributed by atoms with Crippen molar-refractivity contribution in [2.24, 2.45) is 5.92 Å². The van der Waals surface area contributed by atoms with Gasteiger partial charge in [-0.05, 0) is 44.5 Å². The van der Waals surface area contributed by atoms with Crippen molar-refractivity contribution >= 4 is 23.5 Å². The van der Waals surface area contributed by atoms with E-state index in [0.717, 1.165) is 16.8 Å². The van der Waals surface area contributed by atoms with Gasteiger partial charge in [0.25, 0.3) is 11.8 Å². The molecule has 0 unspecified atom stereocenters. The van der Waals surface area contributed by atoms with Crippen LogP contribution in [0.5, 0.6) is 0 Å². The molecule has 156 valence electrons. The highest BCUT2D eigenvalue weighted by Gasteiger charge is 2.63. The number of rotatable bonds is 3. The Morgan fingerprint density at radius 3 is 2.47 bits per heavy atom. The first-order valence-electron chi connectivity index (χ1n) is 10.2. The minimum absolute atomic E-state index is 0.140. The van der Waals surface area contributed by atoms with Crippen molar-refractivity contribution in [1.29, 1.82) is 0 Å². The largest absolute Gasteiger partial charge is 0.466 e. The molecule has 4 rings (SSSR count). The number of carbonyl (C=O) groups excluding carboxylic acids is 3. The van der Waals surface area contributed by atoms with E-state index in [-0.39, 0.29) is 30.9 Å². The van der Waals surface area contributed by atoms with Crippen LogP contribution < -0.4 is 4.90 Å². The SMILES string of the molecule is CCOC(=O)[C@H]1CN(C(=O)c2ccc(C)cc2)[C@]2(C)C(=O)N(C)c3ccccc3[C@H]12. The zero-order valence-electron chi connectivity index (χ0n) is 17.7. The number of esters is 1. The number of aryl methyl sites for hydroxylation is 1. The van der Waals surface area contributed by atoms with Crippen molar-refractivity contribution in [2.75, 3.05) is 25.1 Å². The highest BCUT2D eigenvalue weighted by atomic mass is 16.5. The maximum absolute atomic E-state index is 13.6. The number of benzene rings is 2. The van der Waals surface area contributed by atoms with Gasteiger partial charge in [-0.15, -0.1) is 0 Å². The van der Waals surface area contributed by atoms with E-state index >= 15 is 0 Å². The summed E-state index contributed by atoms with van der Waals surface area (Å²) in [6.45, 7) is 5.88. The molecule has 0 N–H and O–H groups in total. The molecule has 3 atom stereocenters. The molecular formula is C24H26N2O4. The minimum Gasteiger partial charge on any atom is -0.466 e. The quantitative estimate of drug-likeness (QED) is 0.735. The van der Waals surface area contributed by atoms with E-state index in [4.69, 9.17) is 4.74 Å². The first-order chi connectivity index (χ1) is 14.3. The van der Waals surface area contributed by atoms with Crippen molar-refractivity contribution in [1.82, 2.24) is 4.90 Å². The van der Waals surface area contributed by atoms with Gasteiger partial charge in [0.1, 0.15) is 5.54 Å². The number of carbonyl (C=O) groups is 3. The van der Waals surface area contributed by atoms with Crippen molar-refractivity contribution in [2.45, 2.75) is 32.2 Å². The highest BCUT2D eigenvalue weighted by molar-refractivity contribution is 6.09. The summed E-state index contributed by atoms with van der Waals surface area (Å²) in [5, 5.41) is 0. The average Bonchev–Trinajstić information content (AvgIpc) is 3.07. The lowest BCUT2D eigenvalue weighted by molar-refractivity contribution is -0.148. The van der Waals surface area contributed by atoms with Crippen LogP contribution in [0.1, 0.15) is 41.3 Å². The van der Waals surface area contributed by atoms with Gasteiger partial charge in [-0.1, -0.05) is 35.9 Å². The van der Waals surface area contributed by atoms with Crippen molar-refractivity contribution in [3.8, 4) is 0 Å². The fourth-order valence-corrected chi connectivity index (χ4v) is 4.93. The fraction of sp³-hybridized carbons (Fsp3) is 0.375. The number of hydrogen-bond donors (Lipinski definition) is 0. The lowest BCUT2D eigenvalue weighted by Crippen LogP contribution is -2.60. The molecule has 2 aromatic carbocycles. The number of amides is 2. The van der Waals surface area contributed by atoms with Gasteiger partial charge in [0.2, 0.25) is 0 Å². The van der Waals surface area contributed by atoms with Gasteiger partial charge in [-0.2, -0.15) is 0 Å². The molecule has 1 fully saturated rings. The second-order valence-electron chi connectivity index (χ2n) is 8.19. The number of para-hydroxylation sites is 1. The summed E-state index contributed by atoms with van der Waals surface area (Å²) in [7, 11) is 1.72. The molecule has 0 aliphatic carbocycles. The Morgan fingerprint density at radius 2 is 1.80 bits per heavy atom. The third kappa shape index (κ3) is 2.82. The number of nitrogens with zero attached hydrogens (tertiary/aromatic N) is 2. The zero-order valence-corrected chi connectivity index (χ0v) is 17.7. The topological polar surface area (TPSA) is 66.9 Å². The van der Waals surface area contributed by atoms with Crippen LogP contribution in [-0.4, -0.2) is 48.4 Å². The van der Waals surface area contributed by atoms with E-state index in [9.17, 15) is 14.4 Å². The molecule has 2 aliphatic heterocycles. The Kier molecular flexibility index (Phi) is 4.88. The normalized spacial score (nSPS) is 25.0. The van der Waals surface area contributed by atoms with Gasteiger partial charge >= 0.3 is 5.97 Å². The first kappa shape index (κ1) is 20.1. The molecule has 0 saturated carbocycles. The summed E-state index contributed by atoms with van der Waals surface area (Å²) < 4.78 is 5.34. The van der Waals surface area contributed by atoms with E-state index in [0.29, 0.717) is 5.56 Å². The molecule has 6 nitrogen and oxygen atoms in total. The maximum Gasteiger partial charge on any atom is 0.311 e. The molecule has 2 heterocycles. The maximum atomic E-state index is 13.6. The third-order valence-corrected chi connectivity index (χ3v) is 6.45. The molecule has 6 heteroatoms. The molecule has 2 aliphatic rings. The Balaban J connectivity index is 1.86. The third-order valence-electron chi connectivity index (χ3n) is 6.45. The number of anilines is 1. The summed E-state index contributed by atoms with van der Waals surface area (Å²) in [5.41, 5.74) is 2.02. The van der Waals surface area contributed by atoms with Gasteiger partial charge in [0, 0.05) is 30.8 Å². The number of likely N-dealkylation sites (tertiary alicyclic amines) is 1. The van der Waals surface area contributed by atoms with Crippen LogP contribution in [0.15, 0.2) is 48.5 Å². The van der Waals surface area contributed by atoms with E-state index in [1.165, 1.54) is 0 Å². The van der Waals surface area contributed by atoms with E-state index < -0.39 is 17.4 Å². The van der Waals surface area contributed by atoms with Crippen molar-refractivity contribution in [3.05, 3.63) is 65.2 Å². The Bertz CT molecular complexity index is 1020. The second-order valence-corrected chi connectivity index (χ2v) is 8.19. The van der Waals surface area contributed by atoms with Gasteiger partial charge < -0.3 is 14.5 Å². The van der Waals surface area contributed by atoms with Crippen LogP contribution in [0, 0.1) is 12.8 Å². The predicted molar refractivity (Wildman–Crippen MR) is 113 cm³/mol. The summed E-state index contributed by atoms with van der Waals surface area (Å²) in [4.78, 5) is 43.2. The lowest BCUT2D eigenvalue weighted by Gasteiger charge is -2.45. The average molecular weight is 406 g/mol. The van der Waals surface area contributed by atoms with Crippen molar-refractivity contribution < 1.29 is 19.1 Å². The van der Waals surface area contributed by atoms with E-state index in [1.807, 2.05) is 43.3 Å². The molecule has 0 radical (unpaired) electrons. The number of hydrogen-bond acceptors (Lipinski definition) is 4. The van der Waals surface area contributed by atoms with Gasteiger partial charge in [-0.3, -0.25) is 14.4 Å². The van der Waals surface area contributed by atoms with Crippen LogP contribution >= 0.6 is 0 Å². The Morgan fingerprint density at radius 1 is 1.13 bits per heavy atom. The van der Waals surface area contributed by atoms with Crippen LogP contribution in [0.3, 0.4) is 0 Å². The minimum atomic E-state index is -1.18. The van der Waals surface area contributed by atoms with Gasteiger partial charge in [-0.25, -0.2) is 0 Å². The standard InChI is InChI=1S/C24H26N2O4/c1-5-30-22(28)18-14-26(21(27)16-12-10-15(2)11-13-16)24(3)20(18)17-8-6-7-9-19(17)25(4)23(24)29/h6-13,18,20H,5,14H2,1-4H3/t18-,20+,24-/m0/s1. The van der Waals surface area contributed by atoms with Crippen LogP contribution in [0.25, 0.3) is 0 Å². The lowest BCUT2D eigenvalue weighted by atomic mass is 9.72.